The van der Waals surface area contributed by atoms with Gasteiger partial charge in [-0.3, -0.25) is 0 Å². The SMILES string of the molecule is Cc1ccccc1-c1ccc2c3ccccc3n(-c3cc(C)c(-c4cccc(C#N)c4)cc3-n3c4ccccc4c4ccc(-c5ccccc5C)cc43)c2c1. The molecule has 2 aromatic heterocycles. The second kappa shape index (κ2) is 12.8. The first kappa shape index (κ1) is 32.5. The number of fused-ring (bicyclic) bond motifs is 6. The Bertz CT molecular complexity index is 3200. The molecule has 3 heteroatoms. The van der Waals surface area contributed by atoms with Crippen molar-refractivity contribution in [3.05, 3.63) is 192 Å². The normalized spacial score (nSPS) is 11.5. The predicted octanol–water partition coefficient (Wildman–Crippen LogP) is 13.7. The van der Waals surface area contributed by atoms with Crippen molar-refractivity contribution in [2.24, 2.45) is 0 Å². The van der Waals surface area contributed by atoms with Gasteiger partial charge in [-0.2, -0.15) is 5.26 Å². The average Bonchev–Trinajstić information content (AvgIpc) is 3.73. The van der Waals surface area contributed by atoms with Crippen molar-refractivity contribution in [1.29, 1.82) is 5.26 Å². The molecule has 10 rings (SSSR count). The van der Waals surface area contributed by atoms with Gasteiger partial charge in [-0.15, -0.1) is 0 Å². The zero-order chi connectivity index (χ0) is 37.2. The highest BCUT2D eigenvalue weighted by Crippen LogP contribution is 2.42. The van der Waals surface area contributed by atoms with Gasteiger partial charge < -0.3 is 9.13 Å². The molecule has 2 heterocycles. The van der Waals surface area contributed by atoms with Crippen molar-refractivity contribution in [2.45, 2.75) is 20.8 Å². The maximum Gasteiger partial charge on any atom is 0.0991 e. The molecule has 0 saturated heterocycles. The van der Waals surface area contributed by atoms with Crippen molar-refractivity contribution in [2.75, 3.05) is 0 Å². The topological polar surface area (TPSA) is 33.6 Å². The number of nitrogens with zero attached hydrogens (tertiary/aromatic N) is 3. The molecule has 55 heavy (non-hydrogen) atoms. The zero-order valence-electron chi connectivity index (χ0n) is 31.0. The van der Waals surface area contributed by atoms with Crippen LogP contribution in [0.25, 0.3) is 88.4 Å². The van der Waals surface area contributed by atoms with Crippen molar-refractivity contribution in [1.82, 2.24) is 9.13 Å². The largest absolute Gasteiger partial charge is 0.307 e. The Balaban J connectivity index is 1.36. The number of aromatic nitrogens is 2. The van der Waals surface area contributed by atoms with Crippen LogP contribution >= 0.6 is 0 Å². The number of hydrogen-bond donors (Lipinski definition) is 0. The third-order valence-corrected chi connectivity index (χ3v) is 11.4. The molecule has 0 N–H and O–H groups in total. The van der Waals surface area contributed by atoms with Crippen LogP contribution in [0.5, 0.6) is 0 Å². The van der Waals surface area contributed by atoms with E-state index in [1.165, 1.54) is 54.9 Å². The Morgan fingerprint density at radius 2 is 0.836 bits per heavy atom. The number of rotatable bonds is 5. The first-order valence-corrected chi connectivity index (χ1v) is 18.8. The van der Waals surface area contributed by atoms with Gasteiger partial charge in [0.2, 0.25) is 0 Å². The number of para-hydroxylation sites is 2. The summed E-state index contributed by atoms with van der Waals surface area (Å²) in [5.74, 6) is 0. The number of nitriles is 1. The summed E-state index contributed by atoms with van der Waals surface area (Å²) >= 11 is 0. The molecule has 0 fully saturated rings. The molecule has 0 amide bonds. The minimum atomic E-state index is 0.647. The molecule has 8 aromatic carbocycles. The van der Waals surface area contributed by atoms with Crippen LogP contribution < -0.4 is 0 Å². The Hall–Kier alpha value is -7.15. The van der Waals surface area contributed by atoms with Gasteiger partial charge in [-0.25, -0.2) is 0 Å². The molecular formula is C52H37N3. The van der Waals surface area contributed by atoms with Crippen molar-refractivity contribution >= 4 is 43.6 Å². The molecule has 0 bridgehead atoms. The van der Waals surface area contributed by atoms with E-state index >= 15 is 0 Å². The van der Waals surface area contributed by atoms with Crippen LogP contribution in [-0.4, -0.2) is 9.13 Å². The highest BCUT2D eigenvalue weighted by molar-refractivity contribution is 6.13. The van der Waals surface area contributed by atoms with Gasteiger partial charge in [0.1, 0.15) is 0 Å². The molecule has 260 valence electrons. The third kappa shape index (κ3) is 5.18. The fourth-order valence-corrected chi connectivity index (χ4v) is 8.70. The molecule has 0 spiro atoms. The van der Waals surface area contributed by atoms with Crippen molar-refractivity contribution in [3.63, 3.8) is 0 Å². The molecule has 0 radical (unpaired) electrons. The molecule has 0 saturated carbocycles. The van der Waals surface area contributed by atoms with Gasteiger partial charge in [0, 0.05) is 21.5 Å². The van der Waals surface area contributed by atoms with E-state index in [0.717, 1.165) is 50.1 Å². The lowest BCUT2D eigenvalue weighted by Crippen LogP contribution is -2.05. The summed E-state index contributed by atoms with van der Waals surface area (Å²) < 4.78 is 4.93. The van der Waals surface area contributed by atoms with Crippen LogP contribution in [0.15, 0.2) is 170 Å². The van der Waals surface area contributed by atoms with Crippen molar-refractivity contribution < 1.29 is 0 Å². The standard InChI is InChI=1S/C52H37N3/c1-33-13-4-6-17-40(33)38-23-25-44-42-19-8-10-21-47(42)54(49(44)29-38)51-27-35(3)46(37-16-12-15-36(28-37)32-53)31-52(51)55-48-22-11-9-20-43(48)45-26-24-39(30-50(45)55)41-18-7-5-14-34(41)2/h4-31H,1-3H3. The third-order valence-electron chi connectivity index (χ3n) is 11.4. The van der Waals surface area contributed by atoms with E-state index in [1.54, 1.807) is 0 Å². The molecular weight excluding hydrogens is 667 g/mol. The van der Waals surface area contributed by atoms with Gasteiger partial charge >= 0.3 is 0 Å². The zero-order valence-corrected chi connectivity index (χ0v) is 31.0. The first-order valence-electron chi connectivity index (χ1n) is 18.8. The Morgan fingerprint density at radius 3 is 1.38 bits per heavy atom. The number of benzene rings is 8. The molecule has 3 nitrogen and oxygen atoms in total. The van der Waals surface area contributed by atoms with E-state index in [2.05, 4.69) is 188 Å². The Labute approximate surface area is 320 Å². The second-order valence-corrected chi connectivity index (χ2v) is 14.6. The maximum atomic E-state index is 9.89. The molecule has 0 unspecified atom stereocenters. The van der Waals surface area contributed by atoms with Crippen LogP contribution in [0.2, 0.25) is 0 Å². The van der Waals surface area contributed by atoms with Crippen LogP contribution in [0.3, 0.4) is 0 Å². The summed E-state index contributed by atoms with van der Waals surface area (Å²) in [6, 6.07) is 63.6. The minimum absolute atomic E-state index is 0.647. The van der Waals surface area contributed by atoms with Gasteiger partial charge in [-0.05, 0) is 119 Å². The van der Waals surface area contributed by atoms with Gasteiger partial charge in [-0.1, -0.05) is 121 Å². The van der Waals surface area contributed by atoms with E-state index in [9.17, 15) is 5.26 Å². The van der Waals surface area contributed by atoms with Gasteiger partial charge in [0.15, 0.2) is 0 Å². The van der Waals surface area contributed by atoms with Crippen LogP contribution in [-0.2, 0) is 0 Å². The lowest BCUT2D eigenvalue weighted by molar-refractivity contribution is 1.09. The van der Waals surface area contributed by atoms with E-state index < -0.39 is 0 Å². The van der Waals surface area contributed by atoms with Crippen LogP contribution in [0, 0.1) is 32.1 Å². The predicted molar refractivity (Wildman–Crippen MR) is 230 cm³/mol. The summed E-state index contributed by atoms with van der Waals surface area (Å²) in [4.78, 5) is 0. The molecule has 0 aliphatic carbocycles. The van der Waals surface area contributed by atoms with E-state index in [0.29, 0.717) is 5.56 Å². The summed E-state index contributed by atoms with van der Waals surface area (Å²) in [5.41, 5.74) is 18.0. The summed E-state index contributed by atoms with van der Waals surface area (Å²) in [6.45, 7) is 6.56. The van der Waals surface area contributed by atoms with Gasteiger partial charge in [0.05, 0.1) is 45.1 Å². The lowest BCUT2D eigenvalue weighted by atomic mass is 9.97. The lowest BCUT2D eigenvalue weighted by Gasteiger charge is -2.20. The quantitative estimate of drug-likeness (QED) is 0.176. The summed E-state index contributed by atoms with van der Waals surface area (Å²) in [6.07, 6.45) is 0. The van der Waals surface area contributed by atoms with E-state index in [1.807, 2.05) is 18.2 Å². The van der Waals surface area contributed by atoms with Crippen molar-refractivity contribution in [3.8, 4) is 50.8 Å². The number of aryl methyl sites for hydroxylation is 3. The molecule has 10 aromatic rings. The van der Waals surface area contributed by atoms with Crippen LogP contribution in [0.1, 0.15) is 22.3 Å². The average molecular weight is 704 g/mol. The minimum Gasteiger partial charge on any atom is -0.307 e. The smallest absolute Gasteiger partial charge is 0.0991 e. The van der Waals surface area contributed by atoms with Crippen LogP contribution in [0.4, 0.5) is 0 Å². The van der Waals surface area contributed by atoms with Gasteiger partial charge in [0.25, 0.3) is 0 Å². The second-order valence-electron chi connectivity index (χ2n) is 14.6. The summed E-state index contributed by atoms with van der Waals surface area (Å²) in [7, 11) is 0. The molecule has 0 atom stereocenters. The first-order chi connectivity index (χ1) is 27.0. The summed E-state index contributed by atoms with van der Waals surface area (Å²) in [5, 5.41) is 14.7. The monoisotopic (exact) mass is 703 g/mol. The highest BCUT2D eigenvalue weighted by atomic mass is 15.1. The maximum absolute atomic E-state index is 9.89. The molecule has 0 aliphatic rings. The Morgan fingerprint density at radius 1 is 0.364 bits per heavy atom. The highest BCUT2D eigenvalue weighted by Gasteiger charge is 2.22. The fourth-order valence-electron chi connectivity index (χ4n) is 8.70. The fraction of sp³-hybridized carbons (Fsp3) is 0.0577. The van der Waals surface area contributed by atoms with E-state index in [-0.39, 0.29) is 0 Å². The van der Waals surface area contributed by atoms with E-state index in [4.69, 9.17) is 0 Å². The number of hydrogen-bond acceptors (Lipinski definition) is 1. The Kier molecular flexibility index (Phi) is 7.54. The molecule has 0 aliphatic heterocycles.